The van der Waals surface area contributed by atoms with Crippen LogP contribution < -0.4 is 5.32 Å². The number of carbonyl (C=O) groups excluding carboxylic acids is 1. The van der Waals surface area contributed by atoms with E-state index in [0.717, 1.165) is 30.1 Å². The predicted molar refractivity (Wildman–Crippen MR) is 112 cm³/mol. The van der Waals surface area contributed by atoms with Gasteiger partial charge in [-0.15, -0.1) is 0 Å². The minimum absolute atomic E-state index is 0.0727. The van der Waals surface area contributed by atoms with Gasteiger partial charge in [-0.25, -0.2) is 4.68 Å². The number of piperidine rings is 1. The molecule has 1 unspecified atom stereocenters. The van der Waals surface area contributed by atoms with Gasteiger partial charge >= 0.3 is 0 Å². The third-order valence-electron chi connectivity index (χ3n) is 5.22. The second-order valence-corrected chi connectivity index (χ2v) is 7.26. The first kappa shape index (κ1) is 19.2. The highest BCUT2D eigenvalue weighted by atomic mass is 16.3. The summed E-state index contributed by atoms with van der Waals surface area (Å²) in [6.45, 7) is 2.60. The SMILES string of the molecule is O=C(/C=C/c1cnn(-c2ccccc2)c1)NCC(c1ccco1)N1CCCCC1. The Morgan fingerprint density at radius 1 is 1.14 bits per heavy atom. The molecule has 1 aliphatic heterocycles. The van der Waals surface area contributed by atoms with Crippen LogP contribution in [0.15, 0.2) is 71.6 Å². The van der Waals surface area contributed by atoms with E-state index in [1.165, 1.54) is 19.3 Å². The Labute approximate surface area is 170 Å². The minimum atomic E-state index is -0.119. The summed E-state index contributed by atoms with van der Waals surface area (Å²) in [5.41, 5.74) is 1.86. The van der Waals surface area contributed by atoms with Gasteiger partial charge in [0.25, 0.3) is 0 Å². The van der Waals surface area contributed by atoms with Crippen LogP contribution in [0.3, 0.4) is 0 Å². The molecule has 29 heavy (non-hydrogen) atoms. The van der Waals surface area contributed by atoms with Crippen LogP contribution in [0.25, 0.3) is 11.8 Å². The number of furan rings is 1. The summed E-state index contributed by atoms with van der Waals surface area (Å²) in [7, 11) is 0. The summed E-state index contributed by atoms with van der Waals surface area (Å²) < 4.78 is 7.43. The van der Waals surface area contributed by atoms with Crippen LogP contribution in [0.1, 0.15) is 36.6 Å². The quantitative estimate of drug-likeness (QED) is 0.623. The van der Waals surface area contributed by atoms with Crippen molar-refractivity contribution in [2.45, 2.75) is 25.3 Å². The fraction of sp³-hybridized carbons (Fsp3) is 0.304. The fourth-order valence-electron chi connectivity index (χ4n) is 3.69. The molecular weight excluding hydrogens is 364 g/mol. The monoisotopic (exact) mass is 390 g/mol. The lowest BCUT2D eigenvalue weighted by molar-refractivity contribution is -0.116. The van der Waals surface area contributed by atoms with Crippen molar-refractivity contribution in [2.24, 2.45) is 0 Å². The summed E-state index contributed by atoms with van der Waals surface area (Å²) in [5.74, 6) is 0.784. The zero-order valence-electron chi connectivity index (χ0n) is 16.4. The van der Waals surface area contributed by atoms with E-state index in [0.29, 0.717) is 6.54 Å². The molecule has 6 heteroatoms. The Balaban J connectivity index is 1.35. The maximum absolute atomic E-state index is 12.4. The molecule has 0 radical (unpaired) electrons. The van der Waals surface area contributed by atoms with Gasteiger partial charge in [-0.2, -0.15) is 5.10 Å². The van der Waals surface area contributed by atoms with Crippen LogP contribution in [0.5, 0.6) is 0 Å². The molecule has 0 saturated carbocycles. The molecule has 0 spiro atoms. The average Bonchev–Trinajstić information content (AvgIpc) is 3.46. The van der Waals surface area contributed by atoms with E-state index in [2.05, 4.69) is 15.3 Å². The van der Waals surface area contributed by atoms with Gasteiger partial charge in [0.05, 0.1) is 24.2 Å². The second-order valence-electron chi connectivity index (χ2n) is 7.26. The molecule has 1 atom stereocenters. The van der Waals surface area contributed by atoms with Gasteiger partial charge in [0, 0.05) is 24.4 Å². The van der Waals surface area contributed by atoms with Crippen molar-refractivity contribution in [1.82, 2.24) is 20.0 Å². The van der Waals surface area contributed by atoms with E-state index in [1.54, 1.807) is 29.3 Å². The predicted octanol–water partition coefficient (Wildman–Crippen LogP) is 3.82. The second kappa shape index (κ2) is 9.39. The third kappa shape index (κ3) is 5.03. The van der Waals surface area contributed by atoms with Crippen molar-refractivity contribution in [2.75, 3.05) is 19.6 Å². The zero-order chi connectivity index (χ0) is 19.9. The molecular formula is C23H26N4O2. The van der Waals surface area contributed by atoms with E-state index < -0.39 is 0 Å². The number of likely N-dealkylation sites (tertiary alicyclic amines) is 1. The number of amides is 1. The molecule has 1 aliphatic rings. The van der Waals surface area contributed by atoms with E-state index in [4.69, 9.17) is 4.42 Å². The normalized spacial score (nSPS) is 16.1. The van der Waals surface area contributed by atoms with Crippen LogP contribution in [0.2, 0.25) is 0 Å². The summed E-state index contributed by atoms with van der Waals surface area (Å²) in [6.07, 6.45) is 12.3. The maximum Gasteiger partial charge on any atom is 0.244 e. The lowest BCUT2D eigenvalue weighted by Gasteiger charge is -2.33. The summed E-state index contributed by atoms with van der Waals surface area (Å²) in [4.78, 5) is 14.8. The molecule has 1 aromatic carbocycles. The molecule has 0 bridgehead atoms. The average molecular weight is 390 g/mol. The minimum Gasteiger partial charge on any atom is -0.468 e. The maximum atomic E-state index is 12.4. The molecule has 2 aromatic heterocycles. The number of rotatable bonds is 7. The first-order valence-electron chi connectivity index (χ1n) is 10.1. The molecule has 1 amide bonds. The molecule has 1 fully saturated rings. The van der Waals surface area contributed by atoms with Crippen LogP contribution >= 0.6 is 0 Å². The Hall–Kier alpha value is -3.12. The van der Waals surface area contributed by atoms with Crippen molar-refractivity contribution in [3.63, 3.8) is 0 Å². The van der Waals surface area contributed by atoms with Crippen molar-refractivity contribution in [3.8, 4) is 5.69 Å². The van der Waals surface area contributed by atoms with Crippen molar-refractivity contribution >= 4 is 12.0 Å². The Kier molecular flexibility index (Phi) is 6.22. The summed E-state index contributed by atoms with van der Waals surface area (Å²) in [5, 5.41) is 7.37. The number of hydrogen-bond donors (Lipinski definition) is 1. The molecule has 1 saturated heterocycles. The zero-order valence-corrected chi connectivity index (χ0v) is 16.4. The van der Waals surface area contributed by atoms with Crippen LogP contribution in [0.4, 0.5) is 0 Å². The highest BCUT2D eigenvalue weighted by molar-refractivity contribution is 5.91. The van der Waals surface area contributed by atoms with Gasteiger partial charge in [0.2, 0.25) is 5.91 Å². The lowest BCUT2D eigenvalue weighted by atomic mass is 10.1. The van der Waals surface area contributed by atoms with Gasteiger partial charge in [-0.05, 0) is 56.3 Å². The van der Waals surface area contributed by atoms with E-state index in [9.17, 15) is 4.79 Å². The highest BCUT2D eigenvalue weighted by Crippen LogP contribution is 2.24. The number of para-hydroxylation sites is 1. The lowest BCUT2D eigenvalue weighted by Crippen LogP contribution is -2.40. The van der Waals surface area contributed by atoms with Crippen LogP contribution in [-0.2, 0) is 4.79 Å². The first-order valence-corrected chi connectivity index (χ1v) is 10.1. The number of nitrogens with zero attached hydrogens (tertiary/aromatic N) is 3. The number of carbonyl (C=O) groups is 1. The Morgan fingerprint density at radius 2 is 1.97 bits per heavy atom. The van der Waals surface area contributed by atoms with E-state index in [-0.39, 0.29) is 11.9 Å². The Bertz CT molecular complexity index is 925. The van der Waals surface area contributed by atoms with E-state index in [1.807, 2.05) is 48.7 Å². The summed E-state index contributed by atoms with van der Waals surface area (Å²) in [6, 6.07) is 13.8. The van der Waals surface area contributed by atoms with Gasteiger partial charge in [0.1, 0.15) is 5.76 Å². The van der Waals surface area contributed by atoms with E-state index >= 15 is 0 Å². The standard InChI is InChI=1S/C23H26N4O2/c28-23(12-11-19-16-25-27(18-19)20-8-3-1-4-9-20)24-17-21(22-10-7-15-29-22)26-13-5-2-6-14-26/h1,3-4,7-12,15-16,18,21H,2,5-6,13-14,17H2,(H,24,28)/b12-11+. The first-order chi connectivity index (χ1) is 14.3. The summed E-state index contributed by atoms with van der Waals surface area (Å²) >= 11 is 0. The molecule has 3 aromatic rings. The topological polar surface area (TPSA) is 63.3 Å². The van der Waals surface area contributed by atoms with Crippen LogP contribution in [0, 0.1) is 0 Å². The smallest absolute Gasteiger partial charge is 0.244 e. The van der Waals surface area contributed by atoms with Gasteiger partial charge in [0.15, 0.2) is 0 Å². The number of nitrogens with one attached hydrogen (secondary N) is 1. The molecule has 4 rings (SSSR count). The third-order valence-corrected chi connectivity index (χ3v) is 5.22. The molecule has 150 valence electrons. The van der Waals surface area contributed by atoms with Crippen molar-refractivity contribution in [1.29, 1.82) is 0 Å². The van der Waals surface area contributed by atoms with Gasteiger partial charge in [-0.3, -0.25) is 9.69 Å². The molecule has 0 aliphatic carbocycles. The Morgan fingerprint density at radius 3 is 2.72 bits per heavy atom. The van der Waals surface area contributed by atoms with Crippen molar-refractivity contribution in [3.05, 3.63) is 78.5 Å². The van der Waals surface area contributed by atoms with Crippen molar-refractivity contribution < 1.29 is 9.21 Å². The van der Waals surface area contributed by atoms with Gasteiger partial charge < -0.3 is 9.73 Å². The number of hydrogen-bond acceptors (Lipinski definition) is 4. The highest BCUT2D eigenvalue weighted by Gasteiger charge is 2.24. The van der Waals surface area contributed by atoms with Crippen LogP contribution in [-0.4, -0.2) is 40.2 Å². The van der Waals surface area contributed by atoms with Gasteiger partial charge in [-0.1, -0.05) is 24.6 Å². The largest absolute Gasteiger partial charge is 0.468 e. The molecule has 6 nitrogen and oxygen atoms in total. The number of benzene rings is 1. The fourth-order valence-corrected chi connectivity index (χ4v) is 3.69. The molecule has 3 heterocycles. The molecule has 1 N–H and O–H groups in total. The number of aromatic nitrogens is 2.